The molecule has 0 aromatic heterocycles. The largest absolute Gasteiger partial charge is 0.507 e. The summed E-state index contributed by atoms with van der Waals surface area (Å²) in [6.45, 7) is 0. The molecular weight excluding hydrogens is 2160 g/mol. The molecular formula is C120H96N4O4S2Y4Zr2. The first-order valence-electron chi connectivity index (χ1n) is 44.6. The van der Waals surface area contributed by atoms with Crippen LogP contribution in [0.5, 0.6) is 23.0 Å². The number of phenolic OH excluding ortho intramolecular Hbond substituents is 4. The molecule has 2 aliphatic carbocycles. The fourth-order valence-corrected chi connectivity index (χ4v) is 20.0. The minimum Gasteiger partial charge on any atom is -0.507 e. The van der Waals surface area contributed by atoms with Crippen molar-refractivity contribution >= 4 is 138 Å². The number of hydrogen-bond donors (Lipinski definition) is 4. The maximum absolute atomic E-state index is 12.5. The van der Waals surface area contributed by atoms with Crippen LogP contribution in [0.2, 0.25) is 0 Å². The maximum Gasteiger partial charge on any atom is 0.132 e. The molecule has 8 nitrogen and oxygen atoms in total. The van der Waals surface area contributed by atoms with E-state index in [1.165, 1.54) is 0 Å². The van der Waals surface area contributed by atoms with Crippen LogP contribution >= 0.6 is 27.0 Å². The summed E-state index contributed by atoms with van der Waals surface area (Å²) < 4.78 is 0. The van der Waals surface area contributed by atoms with Crippen LogP contribution in [0.4, 0.5) is 0 Å². The third-order valence-corrected chi connectivity index (χ3v) is 26.3. The maximum atomic E-state index is 12.5. The number of hydrogen-bond acceptors (Lipinski definition) is 8. The van der Waals surface area contributed by atoms with E-state index in [4.69, 9.17) is 20.0 Å². The predicted molar refractivity (Wildman–Crippen MR) is 559 cm³/mol. The Hall–Kier alpha value is -8.76. The van der Waals surface area contributed by atoms with Gasteiger partial charge in [-0.25, -0.2) is 0 Å². The van der Waals surface area contributed by atoms with Crippen LogP contribution in [0.25, 0.3) is 175 Å². The van der Waals surface area contributed by atoms with Crippen LogP contribution in [0, 0.1) is 0 Å². The first kappa shape index (κ1) is 105. The summed E-state index contributed by atoms with van der Waals surface area (Å²) in [6, 6.07) is 134. The molecule has 0 saturated heterocycles. The minimum absolute atomic E-state index is 0. The van der Waals surface area contributed by atoms with Gasteiger partial charge in [-0.15, -0.1) is 0 Å². The van der Waals surface area contributed by atoms with E-state index in [1.807, 2.05) is 97.7 Å². The van der Waals surface area contributed by atoms with E-state index >= 15 is 0 Å². The molecule has 4 atom stereocenters. The molecule has 22 rings (SSSR count). The molecule has 0 aliphatic heterocycles. The van der Waals surface area contributed by atoms with Gasteiger partial charge in [0.05, 0.1) is 24.2 Å². The molecule has 0 bridgehead atoms. The van der Waals surface area contributed by atoms with Crippen molar-refractivity contribution in [2.45, 2.75) is 75.5 Å². The van der Waals surface area contributed by atoms with Crippen molar-refractivity contribution in [3.05, 3.63) is 411 Å². The van der Waals surface area contributed by atoms with Gasteiger partial charge in [-0.3, -0.25) is 20.0 Å². The molecule has 0 unspecified atom stereocenters. The van der Waals surface area contributed by atoms with Crippen molar-refractivity contribution in [1.29, 1.82) is 0 Å². The second-order valence-electron chi connectivity index (χ2n) is 33.9. The summed E-state index contributed by atoms with van der Waals surface area (Å²) in [5.41, 5.74) is 18.5. The third-order valence-electron chi connectivity index (χ3n) is 26.3. The molecule has 20 aromatic carbocycles. The van der Waals surface area contributed by atoms with Crippen molar-refractivity contribution < 1.29 is 204 Å². The zero-order chi connectivity index (χ0) is 86.0. The van der Waals surface area contributed by atoms with Gasteiger partial charge < -0.3 is 20.4 Å². The van der Waals surface area contributed by atoms with Crippen molar-refractivity contribution in [2.24, 2.45) is 20.0 Å². The summed E-state index contributed by atoms with van der Waals surface area (Å²) >= 11 is 0. The summed E-state index contributed by atoms with van der Waals surface area (Å²) in [5, 5.41) is 66.7. The smallest absolute Gasteiger partial charge is 0.132 e. The van der Waals surface area contributed by atoms with Gasteiger partial charge in [-0.1, -0.05) is 390 Å². The Bertz CT molecular complexity index is 6910. The summed E-state index contributed by atoms with van der Waals surface area (Å²) in [5.74, 6) is 0.847. The molecule has 20 aromatic rings. The van der Waals surface area contributed by atoms with Crippen LogP contribution in [-0.4, -0.2) is 69.5 Å². The molecule has 2 aliphatic rings. The monoisotopic (exact) mass is 2260 g/mol. The van der Waals surface area contributed by atoms with Gasteiger partial charge in [0.2, 0.25) is 0 Å². The predicted octanol–water partition coefficient (Wildman–Crippen LogP) is 30.7. The standard InChI is InChI=1S/2C60H46N2O2.2H2S.4Y.2Zr/c2*63-59-45(35-43-23-9-13-27-49(43)57(59)55-47-25-11-7-21-41(47)31-33-51(55)39-17-3-1-4-18-39)37-61-53-29-15-16-30-54(53)62-38-46-36-44-24-10-14-28-50(44)58(60(46)64)56-48-26-12-8-22-42(48)32-34-52(56)40-19-5-2-6-20-40;;;;;;;;/h2*1-14,17-28,31-38,53-54,63-64H,15-16,29-30H2;2*1H2;;;;;;/t2*53-,54-;;;;;;;;/m10......../s1. The van der Waals surface area contributed by atoms with E-state index in [-0.39, 0.29) is 257 Å². The molecule has 0 spiro atoms. The van der Waals surface area contributed by atoms with Crippen LogP contribution < -0.4 is 0 Å². The zero-order valence-corrected chi connectivity index (χ0v) is 93.4. The van der Waals surface area contributed by atoms with Gasteiger partial charge in [0, 0.05) is 275 Å². The SMILES string of the molecule is Oc1c(C=N[C@@H]2CCCC[C@H]2N=Cc2cc3ccccc3c(-c3c(-c4ccccc4)ccc4ccccc34)c2O)cc2ccccc2c1-c1c(-c2ccccc2)ccc2ccccc12.Oc1c(C=N[C@H]2CCCC[C@@H]2N=Cc2cc3ccccc3c(-c3c(-c4ccccc4)ccc4ccccc34)c2O)cc2ccccc2c1-c1c(-c2ccccc2)ccc2ccccc12.S.S.[Y].[Y].[Y].[Y].[Zr].[Zr]. The van der Waals surface area contributed by atoms with E-state index < -0.39 is 0 Å². The molecule has 2 fully saturated rings. The molecule has 4 radical (unpaired) electrons. The van der Waals surface area contributed by atoms with Crippen LogP contribution in [-0.2, 0) is 183 Å². The Labute approximate surface area is 947 Å². The minimum atomic E-state index is -0.0958. The second kappa shape index (κ2) is 47.9. The van der Waals surface area contributed by atoms with E-state index in [9.17, 15) is 20.4 Å². The van der Waals surface area contributed by atoms with Crippen LogP contribution in [0.1, 0.15) is 73.6 Å². The number of aromatic hydroxyl groups is 4. The zero-order valence-electron chi connectivity index (χ0n) is 75.1. The number of aliphatic imine (C=N–C) groups is 4. The Morgan fingerprint density at radius 3 is 0.544 bits per heavy atom. The quantitative estimate of drug-likeness (QED) is 0.0718. The number of benzene rings is 20. The Balaban J connectivity index is 0.000000217. The van der Waals surface area contributed by atoms with Crippen molar-refractivity contribution in [3.8, 4) is 112 Å². The summed E-state index contributed by atoms with van der Waals surface area (Å²) in [7, 11) is 0. The second-order valence-corrected chi connectivity index (χ2v) is 33.9. The van der Waals surface area contributed by atoms with Crippen molar-refractivity contribution in [2.75, 3.05) is 0 Å². The van der Waals surface area contributed by atoms with E-state index in [0.717, 1.165) is 227 Å². The molecule has 16 heteroatoms. The fourth-order valence-electron chi connectivity index (χ4n) is 20.0. The molecule has 2 saturated carbocycles. The average molecular weight is 2260 g/mol. The van der Waals surface area contributed by atoms with Gasteiger partial charge in [-0.05, 0) is 181 Å². The Morgan fingerprint density at radius 2 is 0.353 bits per heavy atom. The Kier molecular flexibility index (Phi) is 36.9. The Morgan fingerprint density at radius 1 is 0.191 bits per heavy atom. The van der Waals surface area contributed by atoms with Gasteiger partial charge in [-0.2, -0.15) is 27.0 Å². The summed E-state index contributed by atoms with van der Waals surface area (Å²) in [4.78, 5) is 21.0. The number of phenols is 4. The number of rotatable bonds is 16. The van der Waals surface area contributed by atoms with Gasteiger partial charge in [0.25, 0.3) is 0 Å². The molecule has 4 N–H and O–H groups in total. The first-order valence-corrected chi connectivity index (χ1v) is 44.6. The van der Waals surface area contributed by atoms with Crippen LogP contribution in [0.3, 0.4) is 0 Å². The van der Waals surface area contributed by atoms with E-state index in [2.05, 4.69) is 315 Å². The van der Waals surface area contributed by atoms with Gasteiger partial charge >= 0.3 is 0 Å². The van der Waals surface area contributed by atoms with E-state index in [0.29, 0.717) is 22.3 Å². The normalized spacial score (nSPS) is 14.6. The van der Waals surface area contributed by atoms with Gasteiger partial charge in [0.15, 0.2) is 0 Å². The molecule has 0 heterocycles. The van der Waals surface area contributed by atoms with Crippen molar-refractivity contribution in [1.82, 2.24) is 0 Å². The van der Waals surface area contributed by atoms with Crippen molar-refractivity contribution in [3.63, 3.8) is 0 Å². The first-order chi connectivity index (χ1) is 63.2. The van der Waals surface area contributed by atoms with E-state index in [1.54, 1.807) is 0 Å². The van der Waals surface area contributed by atoms with Gasteiger partial charge in [0.1, 0.15) is 23.0 Å². The summed E-state index contributed by atoms with van der Waals surface area (Å²) in [6.07, 6.45) is 15.2. The third kappa shape index (κ3) is 21.3. The number of nitrogens with zero attached hydrogens (tertiary/aromatic N) is 4. The topological polar surface area (TPSA) is 130 Å². The fraction of sp³-hybridized carbons (Fsp3) is 0.100. The molecule has 136 heavy (non-hydrogen) atoms. The molecule has 652 valence electrons. The molecule has 0 amide bonds. The number of fused-ring (bicyclic) bond motifs is 8. The van der Waals surface area contributed by atoms with Crippen LogP contribution in [0.15, 0.2) is 408 Å². The average Bonchev–Trinajstić information content (AvgIpc) is 0.754.